The third-order valence-corrected chi connectivity index (χ3v) is 6.41. The number of hydrogen-bond acceptors (Lipinski definition) is 1. The second-order valence-electron chi connectivity index (χ2n) is 7.69. The molecule has 0 nitrogen and oxygen atoms in total. The molecule has 0 aliphatic carbocycles. The van der Waals surface area contributed by atoms with Gasteiger partial charge < -0.3 is 0 Å². The van der Waals surface area contributed by atoms with Gasteiger partial charge in [-0.15, -0.1) is 11.8 Å². The zero-order chi connectivity index (χ0) is 17.7. The molecule has 1 unspecified atom stereocenters. The van der Waals surface area contributed by atoms with Crippen LogP contribution in [0.2, 0.25) is 0 Å². The fourth-order valence-corrected chi connectivity index (χ4v) is 4.66. The Hall–Kier alpha value is -0.430. The molecule has 0 amide bonds. The number of hydrogen-bond donors (Lipinski definition) is 0. The van der Waals surface area contributed by atoms with Gasteiger partial charge in [-0.25, -0.2) is 0 Å². The minimum absolute atomic E-state index is 0.410. The van der Waals surface area contributed by atoms with E-state index in [1.165, 1.54) is 87.5 Å². The Bertz CT molecular complexity index is 409. The minimum atomic E-state index is 0.410. The van der Waals surface area contributed by atoms with Crippen molar-refractivity contribution in [3.05, 3.63) is 29.8 Å². The Balaban J connectivity index is 2.49. The third-order valence-electron chi connectivity index (χ3n) is 5.00. The molecule has 0 spiro atoms. The maximum absolute atomic E-state index is 2.51. The Morgan fingerprint density at radius 3 is 1.71 bits per heavy atom. The third kappa shape index (κ3) is 9.77. The van der Waals surface area contributed by atoms with Crippen LogP contribution in [0, 0.1) is 6.92 Å². The predicted octanol–water partition coefficient (Wildman–Crippen LogP) is 8.57. The Kier molecular flexibility index (Phi) is 11.6. The van der Waals surface area contributed by atoms with Gasteiger partial charge in [0.05, 0.1) is 0 Å². The average molecular weight is 349 g/mol. The van der Waals surface area contributed by atoms with E-state index in [2.05, 4.69) is 63.7 Å². The monoisotopic (exact) mass is 348 g/mol. The van der Waals surface area contributed by atoms with Crippen molar-refractivity contribution in [2.24, 2.45) is 0 Å². The molecule has 1 heteroatoms. The van der Waals surface area contributed by atoms with Crippen LogP contribution in [0.3, 0.4) is 0 Å². The first-order valence-corrected chi connectivity index (χ1v) is 11.2. The second kappa shape index (κ2) is 12.9. The molecule has 24 heavy (non-hydrogen) atoms. The standard InChI is InChI=1S/C23H40S/c1-5-7-9-11-12-14-20-23(4,19-13-10-8-6-2)24-22-17-15-21(3)16-18-22/h15-18H,5-14,19-20H2,1-4H3. The van der Waals surface area contributed by atoms with E-state index in [9.17, 15) is 0 Å². The van der Waals surface area contributed by atoms with Crippen LogP contribution in [0.15, 0.2) is 29.2 Å². The van der Waals surface area contributed by atoms with Crippen molar-refractivity contribution in [3.63, 3.8) is 0 Å². The lowest BCUT2D eigenvalue weighted by Crippen LogP contribution is -2.20. The first kappa shape index (κ1) is 21.6. The molecule has 0 heterocycles. The summed E-state index contributed by atoms with van der Waals surface area (Å²) in [7, 11) is 0. The van der Waals surface area contributed by atoms with Crippen molar-refractivity contribution in [2.45, 2.75) is 114 Å². The molecule has 1 rings (SSSR count). The van der Waals surface area contributed by atoms with E-state index in [4.69, 9.17) is 0 Å². The Morgan fingerprint density at radius 2 is 1.17 bits per heavy atom. The summed E-state index contributed by atoms with van der Waals surface area (Å²) >= 11 is 2.13. The lowest BCUT2D eigenvalue weighted by molar-refractivity contribution is 0.470. The molecule has 0 aromatic heterocycles. The lowest BCUT2D eigenvalue weighted by atomic mass is 9.95. The van der Waals surface area contributed by atoms with Crippen LogP contribution >= 0.6 is 11.8 Å². The van der Waals surface area contributed by atoms with E-state index in [1.807, 2.05) is 0 Å². The Morgan fingerprint density at radius 1 is 0.708 bits per heavy atom. The van der Waals surface area contributed by atoms with Gasteiger partial charge in [-0.1, -0.05) is 103 Å². The van der Waals surface area contributed by atoms with Gasteiger partial charge in [0, 0.05) is 9.64 Å². The molecule has 0 radical (unpaired) electrons. The molecule has 0 N–H and O–H groups in total. The van der Waals surface area contributed by atoms with Gasteiger partial charge in [0.25, 0.3) is 0 Å². The highest BCUT2D eigenvalue weighted by atomic mass is 32.2. The van der Waals surface area contributed by atoms with E-state index < -0.39 is 0 Å². The average Bonchev–Trinajstić information content (AvgIpc) is 2.57. The molecule has 0 fully saturated rings. The summed E-state index contributed by atoms with van der Waals surface area (Å²) in [5.41, 5.74) is 1.36. The summed E-state index contributed by atoms with van der Waals surface area (Å²) < 4.78 is 0.410. The molecule has 138 valence electrons. The fourth-order valence-electron chi connectivity index (χ4n) is 3.32. The summed E-state index contributed by atoms with van der Waals surface area (Å²) in [5, 5.41) is 0. The highest BCUT2D eigenvalue weighted by Gasteiger charge is 2.24. The van der Waals surface area contributed by atoms with E-state index >= 15 is 0 Å². The summed E-state index contributed by atoms with van der Waals surface area (Å²) in [4.78, 5) is 1.45. The van der Waals surface area contributed by atoms with Crippen molar-refractivity contribution in [2.75, 3.05) is 0 Å². The van der Waals surface area contributed by atoms with E-state index in [0.29, 0.717) is 4.75 Å². The molecular formula is C23H40S. The smallest absolute Gasteiger partial charge is 0.0179 e. The summed E-state index contributed by atoms with van der Waals surface area (Å²) in [6, 6.07) is 9.13. The van der Waals surface area contributed by atoms with Gasteiger partial charge in [-0.2, -0.15) is 0 Å². The molecule has 0 aliphatic rings. The van der Waals surface area contributed by atoms with Crippen molar-refractivity contribution in [3.8, 4) is 0 Å². The highest BCUT2D eigenvalue weighted by molar-refractivity contribution is 8.00. The summed E-state index contributed by atoms with van der Waals surface area (Å²) in [5.74, 6) is 0. The van der Waals surface area contributed by atoms with Gasteiger partial charge in [-0.05, 0) is 31.9 Å². The van der Waals surface area contributed by atoms with Crippen LogP contribution in [-0.2, 0) is 0 Å². The topological polar surface area (TPSA) is 0 Å². The predicted molar refractivity (Wildman–Crippen MR) is 112 cm³/mol. The molecule has 0 saturated carbocycles. The molecule has 0 aliphatic heterocycles. The van der Waals surface area contributed by atoms with E-state index in [1.54, 1.807) is 0 Å². The summed E-state index contributed by atoms with van der Waals surface area (Å²) in [6.07, 6.45) is 16.7. The van der Waals surface area contributed by atoms with Crippen LogP contribution < -0.4 is 0 Å². The highest BCUT2D eigenvalue weighted by Crippen LogP contribution is 2.41. The molecular weight excluding hydrogens is 308 g/mol. The summed E-state index contributed by atoms with van der Waals surface area (Å²) in [6.45, 7) is 9.28. The number of thioether (sulfide) groups is 1. The van der Waals surface area contributed by atoms with Crippen LogP contribution in [0.25, 0.3) is 0 Å². The molecule has 1 aromatic rings. The number of unbranched alkanes of at least 4 members (excludes halogenated alkanes) is 8. The van der Waals surface area contributed by atoms with Crippen molar-refractivity contribution < 1.29 is 0 Å². The Labute approximate surface area is 156 Å². The zero-order valence-corrected chi connectivity index (χ0v) is 17.5. The minimum Gasteiger partial charge on any atom is -0.120 e. The van der Waals surface area contributed by atoms with Gasteiger partial charge in [0.2, 0.25) is 0 Å². The molecule has 0 saturated heterocycles. The molecule has 1 aromatic carbocycles. The first-order chi connectivity index (χ1) is 11.6. The van der Waals surface area contributed by atoms with Gasteiger partial charge in [0.15, 0.2) is 0 Å². The maximum atomic E-state index is 2.51. The number of benzene rings is 1. The fraction of sp³-hybridized carbons (Fsp3) is 0.739. The number of aryl methyl sites for hydroxylation is 1. The largest absolute Gasteiger partial charge is 0.120 e. The van der Waals surface area contributed by atoms with Crippen LogP contribution in [0.1, 0.15) is 103 Å². The maximum Gasteiger partial charge on any atom is 0.0179 e. The lowest BCUT2D eigenvalue weighted by Gasteiger charge is -2.29. The molecule has 1 atom stereocenters. The second-order valence-corrected chi connectivity index (χ2v) is 9.35. The van der Waals surface area contributed by atoms with Crippen LogP contribution in [0.5, 0.6) is 0 Å². The van der Waals surface area contributed by atoms with Crippen molar-refractivity contribution in [1.82, 2.24) is 0 Å². The zero-order valence-electron chi connectivity index (χ0n) is 16.7. The van der Waals surface area contributed by atoms with E-state index in [-0.39, 0.29) is 0 Å². The molecule has 0 bridgehead atoms. The van der Waals surface area contributed by atoms with Gasteiger partial charge in [-0.3, -0.25) is 0 Å². The quantitative estimate of drug-likeness (QED) is 0.239. The normalized spacial score (nSPS) is 13.8. The van der Waals surface area contributed by atoms with Gasteiger partial charge in [0.1, 0.15) is 0 Å². The number of rotatable bonds is 14. The first-order valence-electron chi connectivity index (χ1n) is 10.4. The SMILES string of the molecule is CCCCCCCCC(C)(CCCCCC)Sc1ccc(C)cc1. The van der Waals surface area contributed by atoms with Gasteiger partial charge >= 0.3 is 0 Å². The van der Waals surface area contributed by atoms with E-state index in [0.717, 1.165) is 0 Å². The van der Waals surface area contributed by atoms with Crippen molar-refractivity contribution >= 4 is 11.8 Å². The van der Waals surface area contributed by atoms with Crippen LogP contribution in [-0.4, -0.2) is 4.75 Å². The van der Waals surface area contributed by atoms with Crippen LogP contribution in [0.4, 0.5) is 0 Å². The van der Waals surface area contributed by atoms with Crippen molar-refractivity contribution in [1.29, 1.82) is 0 Å².